The van der Waals surface area contributed by atoms with E-state index in [1.54, 1.807) is 7.11 Å². The number of halogens is 1. The molecule has 3 atom stereocenters. The van der Waals surface area contributed by atoms with Crippen LogP contribution in [0.25, 0.3) is 0 Å². The van der Waals surface area contributed by atoms with Crippen molar-refractivity contribution in [1.29, 1.82) is 0 Å². The summed E-state index contributed by atoms with van der Waals surface area (Å²) in [5.41, 5.74) is 2.07. The van der Waals surface area contributed by atoms with Crippen molar-refractivity contribution in [3.05, 3.63) is 28.3 Å². The first-order valence-corrected chi connectivity index (χ1v) is 7.65. The molecule has 3 unspecified atom stereocenters. The highest BCUT2D eigenvalue weighted by Crippen LogP contribution is 2.32. The van der Waals surface area contributed by atoms with Crippen molar-refractivity contribution >= 4 is 11.6 Å². The SMILES string of the molecule is CNC1CC(Oc2cc(C)c(Cl)c(C)c2)C1OCCOC. The lowest BCUT2D eigenvalue weighted by molar-refractivity contribution is -0.114. The highest BCUT2D eigenvalue weighted by molar-refractivity contribution is 6.32. The fourth-order valence-electron chi connectivity index (χ4n) is 2.62. The van der Waals surface area contributed by atoms with E-state index in [-0.39, 0.29) is 12.2 Å². The summed E-state index contributed by atoms with van der Waals surface area (Å²) in [6, 6.07) is 4.30. The van der Waals surface area contributed by atoms with Gasteiger partial charge in [0.15, 0.2) is 0 Å². The van der Waals surface area contributed by atoms with E-state index < -0.39 is 0 Å². The number of aryl methyl sites for hydroxylation is 2. The Morgan fingerprint density at radius 2 is 1.90 bits per heavy atom. The van der Waals surface area contributed by atoms with E-state index in [0.717, 1.165) is 28.3 Å². The first kappa shape index (κ1) is 16.6. The molecular formula is C16H24ClNO3. The lowest BCUT2D eigenvalue weighted by Crippen LogP contribution is -2.60. The molecule has 21 heavy (non-hydrogen) atoms. The first-order chi connectivity index (χ1) is 10.1. The molecule has 4 nitrogen and oxygen atoms in total. The van der Waals surface area contributed by atoms with Crippen LogP contribution >= 0.6 is 11.6 Å². The largest absolute Gasteiger partial charge is 0.488 e. The van der Waals surface area contributed by atoms with Crippen molar-refractivity contribution in [3.8, 4) is 5.75 Å². The van der Waals surface area contributed by atoms with Crippen molar-refractivity contribution in [2.24, 2.45) is 0 Å². The molecule has 1 N–H and O–H groups in total. The van der Waals surface area contributed by atoms with E-state index in [0.29, 0.717) is 19.3 Å². The quantitative estimate of drug-likeness (QED) is 0.786. The van der Waals surface area contributed by atoms with E-state index in [4.69, 9.17) is 25.8 Å². The molecule has 0 aromatic heterocycles. The Bertz CT molecular complexity index is 458. The number of benzene rings is 1. The van der Waals surface area contributed by atoms with Crippen LogP contribution in [0.2, 0.25) is 5.02 Å². The summed E-state index contributed by atoms with van der Waals surface area (Å²) < 4.78 is 17.0. The molecule has 0 radical (unpaired) electrons. The predicted molar refractivity (Wildman–Crippen MR) is 84.4 cm³/mol. The number of methoxy groups -OCH3 is 1. The molecule has 1 saturated carbocycles. The van der Waals surface area contributed by atoms with Gasteiger partial charge in [-0.3, -0.25) is 0 Å². The maximum atomic E-state index is 6.19. The molecule has 0 spiro atoms. The van der Waals surface area contributed by atoms with E-state index in [2.05, 4.69) is 5.32 Å². The van der Waals surface area contributed by atoms with Crippen LogP contribution in [-0.4, -0.2) is 45.6 Å². The standard InChI is InChI=1S/C16H24ClNO3/c1-10-7-12(8-11(2)15(10)17)21-14-9-13(18-3)16(14)20-6-5-19-4/h7-8,13-14,16,18H,5-6,9H2,1-4H3. The number of likely N-dealkylation sites (N-methyl/N-ethyl adjacent to an activating group) is 1. The monoisotopic (exact) mass is 313 g/mol. The number of rotatable bonds is 7. The average Bonchev–Trinajstić information content (AvgIpc) is 2.44. The Morgan fingerprint density at radius 3 is 2.48 bits per heavy atom. The van der Waals surface area contributed by atoms with Gasteiger partial charge in [-0.2, -0.15) is 0 Å². The van der Waals surface area contributed by atoms with Crippen LogP contribution in [-0.2, 0) is 9.47 Å². The fourth-order valence-corrected chi connectivity index (χ4v) is 2.73. The maximum absolute atomic E-state index is 6.19. The molecule has 1 aromatic rings. The normalized spacial score (nSPS) is 24.7. The lowest BCUT2D eigenvalue weighted by Gasteiger charge is -2.43. The van der Waals surface area contributed by atoms with Crippen LogP contribution in [0.15, 0.2) is 12.1 Å². The van der Waals surface area contributed by atoms with Crippen molar-refractivity contribution < 1.29 is 14.2 Å². The molecule has 1 fully saturated rings. The highest BCUT2D eigenvalue weighted by atomic mass is 35.5. The molecular weight excluding hydrogens is 290 g/mol. The summed E-state index contributed by atoms with van der Waals surface area (Å²) in [6.07, 6.45) is 1.07. The van der Waals surface area contributed by atoms with E-state index in [1.165, 1.54) is 0 Å². The Balaban J connectivity index is 1.98. The van der Waals surface area contributed by atoms with Crippen LogP contribution in [0, 0.1) is 13.8 Å². The molecule has 1 aromatic carbocycles. The van der Waals surface area contributed by atoms with Gasteiger partial charge in [-0.25, -0.2) is 0 Å². The van der Waals surface area contributed by atoms with Crippen LogP contribution in [0.3, 0.4) is 0 Å². The zero-order valence-corrected chi connectivity index (χ0v) is 13.9. The summed E-state index contributed by atoms with van der Waals surface area (Å²) in [7, 11) is 3.62. The minimum absolute atomic E-state index is 0.0569. The van der Waals surface area contributed by atoms with Gasteiger partial charge in [-0.1, -0.05) is 11.6 Å². The van der Waals surface area contributed by atoms with Gasteiger partial charge >= 0.3 is 0 Å². The zero-order chi connectivity index (χ0) is 15.4. The Kier molecular flexibility index (Phi) is 5.88. The molecule has 0 bridgehead atoms. The molecule has 118 valence electrons. The van der Waals surface area contributed by atoms with Gasteiger partial charge in [0.2, 0.25) is 0 Å². The summed E-state index contributed by atoms with van der Waals surface area (Å²) in [5, 5.41) is 4.06. The minimum atomic E-state index is 0.0569. The van der Waals surface area contributed by atoms with Gasteiger partial charge in [0, 0.05) is 24.6 Å². The highest BCUT2D eigenvalue weighted by Gasteiger charge is 2.43. The van der Waals surface area contributed by atoms with Gasteiger partial charge in [0.25, 0.3) is 0 Å². The summed E-state index contributed by atoms with van der Waals surface area (Å²) in [6.45, 7) is 5.16. The van der Waals surface area contributed by atoms with Crippen molar-refractivity contribution in [1.82, 2.24) is 5.32 Å². The number of nitrogens with one attached hydrogen (secondary N) is 1. The van der Waals surface area contributed by atoms with Gasteiger partial charge in [0.1, 0.15) is 18.0 Å². The molecule has 5 heteroatoms. The topological polar surface area (TPSA) is 39.7 Å². The zero-order valence-electron chi connectivity index (χ0n) is 13.1. The second-order valence-electron chi connectivity index (χ2n) is 5.49. The molecule has 0 aliphatic heterocycles. The summed E-state index contributed by atoms with van der Waals surface area (Å²) in [5.74, 6) is 0.856. The molecule has 0 saturated heterocycles. The fraction of sp³-hybridized carbons (Fsp3) is 0.625. The van der Waals surface area contributed by atoms with Crippen molar-refractivity contribution in [3.63, 3.8) is 0 Å². The first-order valence-electron chi connectivity index (χ1n) is 7.28. The van der Waals surface area contributed by atoms with Crippen LogP contribution in [0.1, 0.15) is 17.5 Å². The van der Waals surface area contributed by atoms with Gasteiger partial charge in [-0.05, 0) is 44.2 Å². The molecule has 0 amide bonds. The van der Waals surface area contributed by atoms with Crippen molar-refractivity contribution in [2.45, 2.75) is 38.5 Å². The summed E-state index contributed by atoms with van der Waals surface area (Å²) in [4.78, 5) is 0. The predicted octanol–water partition coefficient (Wildman–Crippen LogP) is 2.73. The molecule has 1 aliphatic rings. The molecule has 1 aliphatic carbocycles. The van der Waals surface area contributed by atoms with Crippen molar-refractivity contribution in [2.75, 3.05) is 27.4 Å². The molecule has 0 heterocycles. The number of ether oxygens (including phenoxy) is 3. The van der Waals surface area contributed by atoms with E-state index >= 15 is 0 Å². The maximum Gasteiger partial charge on any atom is 0.128 e. The number of hydrogen-bond acceptors (Lipinski definition) is 4. The van der Waals surface area contributed by atoms with Gasteiger partial charge in [-0.15, -0.1) is 0 Å². The van der Waals surface area contributed by atoms with Crippen LogP contribution in [0.4, 0.5) is 0 Å². The molecule has 2 rings (SSSR count). The van der Waals surface area contributed by atoms with Gasteiger partial charge in [0.05, 0.1) is 13.2 Å². The van der Waals surface area contributed by atoms with E-state index in [1.807, 2.05) is 33.0 Å². The third-order valence-corrected chi connectivity index (χ3v) is 4.51. The van der Waals surface area contributed by atoms with Crippen LogP contribution in [0.5, 0.6) is 5.75 Å². The van der Waals surface area contributed by atoms with E-state index in [9.17, 15) is 0 Å². The third-order valence-electron chi connectivity index (χ3n) is 3.92. The minimum Gasteiger partial charge on any atom is -0.488 e. The Labute approximate surface area is 131 Å². The van der Waals surface area contributed by atoms with Crippen LogP contribution < -0.4 is 10.1 Å². The lowest BCUT2D eigenvalue weighted by atomic mass is 9.85. The average molecular weight is 314 g/mol. The Morgan fingerprint density at radius 1 is 1.24 bits per heavy atom. The smallest absolute Gasteiger partial charge is 0.128 e. The Hall–Kier alpha value is -0.810. The second kappa shape index (κ2) is 7.45. The third kappa shape index (κ3) is 3.89. The van der Waals surface area contributed by atoms with Gasteiger partial charge < -0.3 is 19.5 Å². The second-order valence-corrected chi connectivity index (χ2v) is 5.86. The number of hydrogen-bond donors (Lipinski definition) is 1. The summed E-state index contributed by atoms with van der Waals surface area (Å²) >= 11 is 6.19.